The smallest absolute Gasteiger partial charge is 0.388 e. The van der Waals surface area contributed by atoms with Crippen molar-refractivity contribution in [1.29, 1.82) is 0 Å². The van der Waals surface area contributed by atoms with Gasteiger partial charge in [0.2, 0.25) is 5.88 Å². The van der Waals surface area contributed by atoms with Crippen LogP contribution in [0.15, 0.2) is 30.7 Å². The fraction of sp³-hybridized carbons (Fsp3) is 0.176. The molecule has 0 saturated carbocycles. The van der Waals surface area contributed by atoms with Crippen LogP contribution in [0.4, 0.5) is 22.0 Å². The van der Waals surface area contributed by atoms with E-state index in [1.165, 1.54) is 13.0 Å². The van der Waals surface area contributed by atoms with Crippen molar-refractivity contribution in [3.8, 4) is 17.1 Å². The number of rotatable bonds is 5. The van der Waals surface area contributed by atoms with E-state index in [-0.39, 0.29) is 28.1 Å². The molecule has 0 atom stereocenters. The Bertz CT molecular complexity index is 1060. The van der Waals surface area contributed by atoms with E-state index < -0.39 is 36.3 Å². The van der Waals surface area contributed by atoms with Crippen LogP contribution in [0.3, 0.4) is 0 Å². The zero-order valence-electron chi connectivity index (χ0n) is 14.7. The Labute approximate surface area is 159 Å². The number of nitrogens with zero attached hydrogens (tertiary/aromatic N) is 4. The maximum absolute atomic E-state index is 14.0. The van der Waals surface area contributed by atoms with E-state index in [4.69, 9.17) is 5.73 Å². The van der Waals surface area contributed by atoms with Crippen LogP contribution in [0, 0.1) is 18.6 Å². The quantitative estimate of drug-likeness (QED) is 0.649. The summed E-state index contributed by atoms with van der Waals surface area (Å²) < 4.78 is 69.9. The summed E-state index contributed by atoms with van der Waals surface area (Å²) >= 11 is 0. The van der Waals surface area contributed by atoms with Crippen molar-refractivity contribution in [1.82, 2.24) is 19.7 Å². The summed E-state index contributed by atoms with van der Waals surface area (Å²) in [5, 5.41) is 3.94. The maximum Gasteiger partial charge on any atom is 0.574 e. The number of nitrogens with two attached hydrogens (primary N) is 1. The van der Waals surface area contributed by atoms with Crippen molar-refractivity contribution in [2.45, 2.75) is 19.8 Å². The van der Waals surface area contributed by atoms with Gasteiger partial charge in [0.05, 0.1) is 24.6 Å². The normalized spacial score (nSPS) is 11.5. The van der Waals surface area contributed by atoms with Crippen LogP contribution in [0.2, 0.25) is 0 Å². The minimum absolute atomic E-state index is 0.165. The number of hydrogen-bond donors (Lipinski definition) is 1. The summed E-state index contributed by atoms with van der Waals surface area (Å²) in [6.45, 7) is 1.04. The third kappa shape index (κ3) is 4.47. The fourth-order valence-electron chi connectivity index (χ4n) is 2.59. The lowest BCUT2D eigenvalue weighted by Crippen LogP contribution is -2.18. The SMILES string of the molecule is Cc1cc(OC(F)(F)F)ncc1-c1cc(C(N)=O)nn1Cc1c(F)cncc1F. The number of aryl methyl sites for hydroxylation is 1. The molecule has 12 heteroatoms. The van der Waals surface area contributed by atoms with Crippen LogP contribution in [-0.2, 0) is 6.54 Å². The van der Waals surface area contributed by atoms with Crippen LogP contribution in [0.1, 0.15) is 21.6 Å². The Morgan fingerprint density at radius 3 is 2.38 bits per heavy atom. The van der Waals surface area contributed by atoms with Crippen LogP contribution in [0.25, 0.3) is 11.3 Å². The summed E-state index contributed by atoms with van der Waals surface area (Å²) in [6.07, 6.45) is -2.23. The number of aromatic nitrogens is 4. The van der Waals surface area contributed by atoms with E-state index in [0.717, 1.165) is 29.3 Å². The summed E-state index contributed by atoms with van der Waals surface area (Å²) in [5.74, 6) is -3.46. The van der Waals surface area contributed by atoms with Crippen molar-refractivity contribution in [2.75, 3.05) is 0 Å². The molecule has 0 spiro atoms. The van der Waals surface area contributed by atoms with E-state index in [2.05, 4.69) is 19.8 Å². The second-order valence-electron chi connectivity index (χ2n) is 5.90. The molecule has 0 radical (unpaired) electrons. The Balaban J connectivity index is 2.06. The van der Waals surface area contributed by atoms with Crippen molar-refractivity contribution >= 4 is 5.91 Å². The molecular weight excluding hydrogens is 401 g/mol. The topological polar surface area (TPSA) is 95.9 Å². The van der Waals surface area contributed by atoms with Gasteiger partial charge in [-0.25, -0.2) is 13.8 Å². The van der Waals surface area contributed by atoms with Gasteiger partial charge in [-0.05, 0) is 18.6 Å². The molecule has 7 nitrogen and oxygen atoms in total. The van der Waals surface area contributed by atoms with Crippen molar-refractivity contribution in [2.24, 2.45) is 5.73 Å². The third-order valence-corrected chi connectivity index (χ3v) is 3.87. The maximum atomic E-state index is 14.0. The second-order valence-corrected chi connectivity index (χ2v) is 5.90. The lowest BCUT2D eigenvalue weighted by atomic mass is 10.1. The van der Waals surface area contributed by atoms with E-state index in [0.29, 0.717) is 0 Å². The molecule has 0 aliphatic heterocycles. The van der Waals surface area contributed by atoms with Gasteiger partial charge in [0.15, 0.2) is 5.69 Å². The monoisotopic (exact) mass is 413 g/mol. The summed E-state index contributed by atoms with van der Waals surface area (Å²) in [5.41, 5.74) is 5.36. The number of carbonyl (C=O) groups is 1. The summed E-state index contributed by atoms with van der Waals surface area (Å²) in [6, 6.07) is 2.27. The van der Waals surface area contributed by atoms with Gasteiger partial charge in [-0.3, -0.25) is 14.5 Å². The number of primary amides is 1. The second kappa shape index (κ2) is 7.45. The Morgan fingerprint density at radius 2 is 1.83 bits per heavy atom. The number of halogens is 5. The van der Waals surface area contributed by atoms with Gasteiger partial charge in [-0.2, -0.15) is 5.10 Å². The van der Waals surface area contributed by atoms with E-state index in [1.807, 2.05) is 0 Å². The van der Waals surface area contributed by atoms with Crippen molar-refractivity contribution in [3.05, 3.63) is 59.2 Å². The molecule has 1 amide bonds. The van der Waals surface area contributed by atoms with Crippen LogP contribution < -0.4 is 10.5 Å². The molecule has 2 N–H and O–H groups in total. The Morgan fingerprint density at radius 1 is 1.17 bits per heavy atom. The highest BCUT2D eigenvalue weighted by Gasteiger charge is 2.32. The molecule has 29 heavy (non-hydrogen) atoms. The van der Waals surface area contributed by atoms with E-state index >= 15 is 0 Å². The highest BCUT2D eigenvalue weighted by atomic mass is 19.4. The van der Waals surface area contributed by atoms with Gasteiger partial charge >= 0.3 is 6.36 Å². The molecular formula is C17H12F5N5O2. The molecule has 0 aromatic carbocycles. The largest absolute Gasteiger partial charge is 0.574 e. The summed E-state index contributed by atoms with van der Waals surface area (Å²) in [4.78, 5) is 18.5. The van der Waals surface area contributed by atoms with Gasteiger partial charge in [0.25, 0.3) is 5.91 Å². The Hall–Kier alpha value is -3.57. The highest BCUT2D eigenvalue weighted by Crippen LogP contribution is 2.29. The first-order valence-electron chi connectivity index (χ1n) is 7.93. The molecule has 0 bridgehead atoms. The number of alkyl halides is 3. The minimum Gasteiger partial charge on any atom is -0.388 e. The van der Waals surface area contributed by atoms with Crippen LogP contribution in [0.5, 0.6) is 5.88 Å². The van der Waals surface area contributed by atoms with E-state index in [1.54, 1.807) is 0 Å². The lowest BCUT2D eigenvalue weighted by molar-refractivity contribution is -0.276. The number of ether oxygens (including phenoxy) is 1. The van der Waals surface area contributed by atoms with Gasteiger partial charge in [-0.15, -0.1) is 13.2 Å². The molecule has 0 aliphatic rings. The predicted molar refractivity (Wildman–Crippen MR) is 88.7 cm³/mol. The molecule has 3 aromatic heterocycles. The number of pyridine rings is 2. The van der Waals surface area contributed by atoms with Gasteiger partial charge in [0.1, 0.15) is 11.6 Å². The number of amides is 1. The first kappa shape index (κ1) is 20.2. The molecule has 3 aromatic rings. The molecule has 0 fully saturated rings. The summed E-state index contributed by atoms with van der Waals surface area (Å²) in [7, 11) is 0. The number of hydrogen-bond acceptors (Lipinski definition) is 5. The van der Waals surface area contributed by atoms with Crippen LogP contribution >= 0.6 is 0 Å². The third-order valence-electron chi connectivity index (χ3n) is 3.87. The molecule has 0 saturated heterocycles. The highest BCUT2D eigenvalue weighted by molar-refractivity contribution is 5.92. The first-order chi connectivity index (χ1) is 13.5. The molecule has 152 valence electrons. The van der Waals surface area contributed by atoms with Gasteiger partial charge < -0.3 is 10.5 Å². The standard InChI is InChI=1S/C17H12F5N5O2/c1-8-2-15(29-17(20,21)22)25-4-9(8)14-3-13(16(23)28)26-27(14)7-10-11(18)5-24-6-12(10)19/h2-6H,7H2,1H3,(H2,23,28). The van der Waals surface area contributed by atoms with Gasteiger partial charge in [-0.1, -0.05) is 0 Å². The Kier molecular flexibility index (Phi) is 5.18. The van der Waals surface area contributed by atoms with Crippen molar-refractivity contribution in [3.63, 3.8) is 0 Å². The van der Waals surface area contributed by atoms with Crippen LogP contribution in [-0.4, -0.2) is 32.0 Å². The molecule has 0 unspecified atom stereocenters. The first-order valence-corrected chi connectivity index (χ1v) is 7.93. The zero-order valence-corrected chi connectivity index (χ0v) is 14.7. The minimum atomic E-state index is -4.92. The average molecular weight is 413 g/mol. The molecule has 3 heterocycles. The number of carbonyl (C=O) groups excluding carboxylic acids is 1. The molecule has 0 aliphatic carbocycles. The zero-order chi connectivity index (χ0) is 21.3. The lowest BCUT2D eigenvalue weighted by Gasteiger charge is -2.12. The van der Waals surface area contributed by atoms with Crippen molar-refractivity contribution < 1.29 is 31.5 Å². The molecule has 3 rings (SSSR count). The average Bonchev–Trinajstić information content (AvgIpc) is 3.01. The van der Waals surface area contributed by atoms with E-state index in [9.17, 15) is 26.7 Å². The fourth-order valence-corrected chi connectivity index (χ4v) is 2.59. The predicted octanol–water partition coefficient (Wildman–Crippen LogP) is 2.97. The van der Waals surface area contributed by atoms with Gasteiger partial charge in [0, 0.05) is 23.4 Å².